The summed E-state index contributed by atoms with van der Waals surface area (Å²) in [5, 5.41) is 14.1. The molecule has 1 heterocycles. The summed E-state index contributed by atoms with van der Waals surface area (Å²) in [6.07, 6.45) is 4.91. The lowest BCUT2D eigenvalue weighted by Gasteiger charge is -2.28. The minimum absolute atomic E-state index is 0.0490. The Balaban J connectivity index is 2.26. The van der Waals surface area contributed by atoms with Crippen molar-refractivity contribution in [3.8, 4) is 0 Å². The van der Waals surface area contributed by atoms with Gasteiger partial charge in [-0.05, 0) is 36.5 Å². The first-order chi connectivity index (χ1) is 10.7. The van der Waals surface area contributed by atoms with Crippen LogP contribution >= 0.6 is 23.2 Å². The van der Waals surface area contributed by atoms with Gasteiger partial charge in [-0.2, -0.15) is 0 Å². The molecule has 1 saturated heterocycles. The monoisotopic (exact) mass is 355 g/mol. The Hall–Kier alpha value is -1.03. The second-order valence-corrected chi connectivity index (χ2v) is 7.67. The first kappa shape index (κ1) is 18.3. The zero-order valence-electron chi connectivity index (χ0n) is 13.6. The molecule has 23 heavy (non-hydrogen) atoms. The van der Waals surface area contributed by atoms with Gasteiger partial charge >= 0.3 is 5.97 Å². The molecule has 0 spiro atoms. The zero-order valence-corrected chi connectivity index (χ0v) is 15.2. The highest BCUT2D eigenvalue weighted by Crippen LogP contribution is 2.39. The Morgan fingerprint density at radius 2 is 2.09 bits per heavy atom. The van der Waals surface area contributed by atoms with E-state index in [2.05, 4.69) is 25.2 Å². The van der Waals surface area contributed by atoms with Crippen molar-refractivity contribution in [3.63, 3.8) is 0 Å². The number of rotatable bonds is 5. The van der Waals surface area contributed by atoms with E-state index in [0.29, 0.717) is 16.6 Å². The normalized spacial score (nSPS) is 25.2. The Bertz CT molecular complexity index is 613. The van der Waals surface area contributed by atoms with E-state index in [4.69, 9.17) is 23.2 Å². The number of carbonyl (C=O) groups is 1. The fourth-order valence-corrected chi connectivity index (χ4v) is 3.82. The Morgan fingerprint density at radius 1 is 1.39 bits per heavy atom. The summed E-state index contributed by atoms with van der Waals surface area (Å²) in [5.74, 6) is -1.35. The predicted octanol–water partition coefficient (Wildman–Crippen LogP) is 4.74. The van der Waals surface area contributed by atoms with E-state index < -0.39 is 11.9 Å². The van der Waals surface area contributed by atoms with Crippen molar-refractivity contribution in [2.45, 2.75) is 39.2 Å². The van der Waals surface area contributed by atoms with Gasteiger partial charge in [-0.15, -0.1) is 0 Å². The van der Waals surface area contributed by atoms with E-state index in [1.165, 1.54) is 0 Å². The summed E-state index contributed by atoms with van der Waals surface area (Å²) in [4.78, 5) is 11.9. The molecule has 1 aromatic rings. The molecule has 0 saturated carbocycles. The minimum Gasteiger partial charge on any atom is -0.481 e. The van der Waals surface area contributed by atoms with Crippen LogP contribution < -0.4 is 5.32 Å². The summed E-state index contributed by atoms with van der Waals surface area (Å²) in [5.41, 5.74) is 0.873. The third-order valence-corrected chi connectivity index (χ3v) is 5.23. The molecule has 3 atom stereocenters. The Morgan fingerprint density at radius 3 is 2.65 bits per heavy atom. The summed E-state index contributed by atoms with van der Waals surface area (Å²) < 4.78 is 0. The average Bonchev–Trinajstić information content (AvgIpc) is 2.84. The minimum atomic E-state index is -0.771. The van der Waals surface area contributed by atoms with E-state index >= 15 is 0 Å². The predicted molar refractivity (Wildman–Crippen MR) is 95.3 cm³/mol. The molecule has 0 bridgehead atoms. The van der Waals surface area contributed by atoms with Gasteiger partial charge in [0.15, 0.2) is 0 Å². The number of allylic oxidation sites excluding steroid dienone is 2. The molecule has 5 heteroatoms. The molecule has 126 valence electrons. The molecular formula is C18H23Cl2NO2. The highest BCUT2D eigenvalue weighted by molar-refractivity contribution is 6.42. The molecule has 0 aromatic heterocycles. The van der Waals surface area contributed by atoms with Crippen molar-refractivity contribution in [3.05, 3.63) is 46.0 Å². The number of carboxylic acids is 1. The van der Waals surface area contributed by atoms with Crippen molar-refractivity contribution in [1.29, 1.82) is 0 Å². The number of halogens is 2. The second-order valence-electron chi connectivity index (χ2n) is 6.85. The Kier molecular flexibility index (Phi) is 5.77. The smallest absolute Gasteiger partial charge is 0.308 e. The number of carboxylic acid groups (broad SMARTS) is 1. The largest absolute Gasteiger partial charge is 0.481 e. The van der Waals surface area contributed by atoms with Crippen LogP contribution in [-0.2, 0) is 4.79 Å². The van der Waals surface area contributed by atoms with Gasteiger partial charge in [-0.1, -0.05) is 55.3 Å². The highest BCUT2D eigenvalue weighted by atomic mass is 35.5. The fraction of sp³-hybridized carbons (Fsp3) is 0.500. The SMILES string of the molecule is C/C=C/C(C)(C)CC1NCC(c2ccc(Cl)c(Cl)c2)[C@H]1C(=O)O. The molecule has 2 rings (SSSR count). The number of benzene rings is 1. The van der Waals surface area contributed by atoms with Gasteiger partial charge in [0.1, 0.15) is 0 Å². The van der Waals surface area contributed by atoms with Crippen LogP contribution in [0.2, 0.25) is 10.0 Å². The maximum atomic E-state index is 11.9. The second kappa shape index (κ2) is 7.25. The topological polar surface area (TPSA) is 49.3 Å². The Labute approximate surface area is 147 Å². The van der Waals surface area contributed by atoms with Crippen LogP contribution in [0.3, 0.4) is 0 Å². The lowest BCUT2D eigenvalue weighted by Crippen LogP contribution is -2.36. The van der Waals surface area contributed by atoms with E-state index in [1.54, 1.807) is 12.1 Å². The van der Waals surface area contributed by atoms with E-state index in [0.717, 1.165) is 12.0 Å². The molecular weight excluding hydrogens is 333 g/mol. The van der Waals surface area contributed by atoms with Gasteiger partial charge in [-0.3, -0.25) is 4.79 Å². The lowest BCUT2D eigenvalue weighted by molar-refractivity contribution is -0.142. The van der Waals surface area contributed by atoms with Crippen LogP contribution in [0, 0.1) is 11.3 Å². The van der Waals surface area contributed by atoms with Crippen molar-refractivity contribution in [2.75, 3.05) is 6.54 Å². The lowest BCUT2D eigenvalue weighted by atomic mass is 9.78. The molecule has 3 nitrogen and oxygen atoms in total. The van der Waals surface area contributed by atoms with Crippen LogP contribution in [0.5, 0.6) is 0 Å². The maximum absolute atomic E-state index is 11.9. The molecule has 2 N–H and O–H groups in total. The fourth-order valence-electron chi connectivity index (χ4n) is 3.51. The van der Waals surface area contributed by atoms with Crippen LogP contribution in [-0.4, -0.2) is 23.7 Å². The molecule has 1 aliphatic heterocycles. The van der Waals surface area contributed by atoms with Crippen molar-refractivity contribution < 1.29 is 9.90 Å². The summed E-state index contributed by atoms with van der Waals surface area (Å²) in [7, 11) is 0. The molecule has 0 aliphatic carbocycles. The summed E-state index contributed by atoms with van der Waals surface area (Å²) in [6, 6.07) is 5.31. The standard InChI is InChI=1S/C18H23Cl2NO2/c1-4-7-18(2,3)9-15-16(17(22)23)12(10-21-15)11-5-6-13(19)14(20)8-11/h4-8,12,15-16,21H,9-10H2,1-3H3,(H,22,23)/b7-4+/t12?,15?,16-/m1/s1. The van der Waals surface area contributed by atoms with Gasteiger partial charge in [0.05, 0.1) is 16.0 Å². The van der Waals surface area contributed by atoms with Crippen LogP contribution in [0.15, 0.2) is 30.4 Å². The number of nitrogens with one attached hydrogen (secondary N) is 1. The van der Waals surface area contributed by atoms with Gasteiger partial charge in [0.25, 0.3) is 0 Å². The summed E-state index contributed by atoms with van der Waals surface area (Å²) >= 11 is 12.1. The molecule has 1 aliphatic rings. The van der Waals surface area contributed by atoms with Gasteiger partial charge in [-0.25, -0.2) is 0 Å². The first-order valence-corrected chi connectivity index (χ1v) is 8.56. The number of aliphatic carboxylic acids is 1. The quantitative estimate of drug-likeness (QED) is 0.749. The molecule has 2 unspecified atom stereocenters. The van der Waals surface area contributed by atoms with Crippen LogP contribution in [0.25, 0.3) is 0 Å². The zero-order chi connectivity index (χ0) is 17.2. The van der Waals surface area contributed by atoms with Crippen molar-refractivity contribution in [1.82, 2.24) is 5.32 Å². The van der Waals surface area contributed by atoms with Crippen molar-refractivity contribution in [2.24, 2.45) is 11.3 Å². The van der Waals surface area contributed by atoms with E-state index in [-0.39, 0.29) is 17.4 Å². The number of hydrogen-bond donors (Lipinski definition) is 2. The van der Waals surface area contributed by atoms with E-state index in [1.807, 2.05) is 19.1 Å². The average molecular weight is 356 g/mol. The first-order valence-electron chi connectivity index (χ1n) is 7.80. The molecule has 1 aromatic carbocycles. The molecule has 0 radical (unpaired) electrons. The van der Waals surface area contributed by atoms with Gasteiger partial charge < -0.3 is 10.4 Å². The highest BCUT2D eigenvalue weighted by Gasteiger charge is 2.43. The third-order valence-electron chi connectivity index (χ3n) is 4.49. The van der Waals surface area contributed by atoms with Gasteiger partial charge in [0, 0.05) is 18.5 Å². The maximum Gasteiger partial charge on any atom is 0.308 e. The summed E-state index contributed by atoms with van der Waals surface area (Å²) in [6.45, 7) is 6.86. The van der Waals surface area contributed by atoms with Gasteiger partial charge in [0.2, 0.25) is 0 Å². The van der Waals surface area contributed by atoms with Crippen LogP contribution in [0.1, 0.15) is 38.7 Å². The van der Waals surface area contributed by atoms with Crippen LogP contribution in [0.4, 0.5) is 0 Å². The third kappa shape index (κ3) is 4.28. The molecule has 1 fully saturated rings. The van der Waals surface area contributed by atoms with E-state index in [9.17, 15) is 9.90 Å². The molecule has 0 amide bonds. The number of hydrogen-bond acceptors (Lipinski definition) is 2. The van der Waals surface area contributed by atoms with Crippen molar-refractivity contribution >= 4 is 29.2 Å².